The number of amides is 2. The van der Waals surface area contributed by atoms with Crippen molar-refractivity contribution in [2.45, 2.75) is 13.1 Å². The van der Waals surface area contributed by atoms with Crippen LogP contribution < -0.4 is 10.6 Å². The molecule has 0 bridgehead atoms. The first kappa shape index (κ1) is 17.3. The largest absolute Gasteiger partial charge is 0.465 e. The number of nitrogens with zero attached hydrogens (tertiary/aromatic N) is 2. The van der Waals surface area contributed by atoms with Gasteiger partial charge in [0.1, 0.15) is 0 Å². The number of fused-ring (bicyclic) bond motifs is 1. The summed E-state index contributed by atoms with van der Waals surface area (Å²) >= 11 is 0. The molecule has 3 N–H and O–H groups in total. The standard InChI is InChI=1S/C19H18N4O3/c20-12-23-10-13-4-3-7-15(17(13)11-23)14-5-1-2-6-16(14)18(24)21-8-9-22-19(25)26/h1-7,22H,8-11H2,(H,21,24)(H,25,26). The highest BCUT2D eigenvalue weighted by molar-refractivity contribution is 6.01. The van der Waals surface area contributed by atoms with Crippen molar-refractivity contribution in [3.63, 3.8) is 0 Å². The number of benzene rings is 2. The Morgan fingerprint density at radius 2 is 1.77 bits per heavy atom. The van der Waals surface area contributed by atoms with E-state index in [-0.39, 0.29) is 19.0 Å². The first-order valence-electron chi connectivity index (χ1n) is 8.20. The normalized spacial score (nSPS) is 12.2. The minimum Gasteiger partial charge on any atom is -0.465 e. The van der Waals surface area contributed by atoms with E-state index < -0.39 is 6.09 Å². The first-order chi connectivity index (χ1) is 12.6. The van der Waals surface area contributed by atoms with Crippen LogP contribution in [-0.4, -0.2) is 35.1 Å². The molecule has 3 rings (SSSR count). The maximum Gasteiger partial charge on any atom is 0.404 e. The summed E-state index contributed by atoms with van der Waals surface area (Å²) in [4.78, 5) is 24.7. The van der Waals surface area contributed by atoms with Crippen LogP contribution in [0.4, 0.5) is 4.79 Å². The van der Waals surface area contributed by atoms with Crippen molar-refractivity contribution in [3.8, 4) is 17.3 Å². The van der Waals surface area contributed by atoms with E-state index in [4.69, 9.17) is 10.4 Å². The molecule has 1 aliphatic rings. The molecule has 132 valence electrons. The summed E-state index contributed by atoms with van der Waals surface area (Å²) in [5.41, 5.74) is 4.40. The number of carboxylic acid groups (broad SMARTS) is 1. The fourth-order valence-electron chi connectivity index (χ4n) is 3.10. The summed E-state index contributed by atoms with van der Waals surface area (Å²) in [7, 11) is 0. The highest BCUT2D eigenvalue weighted by atomic mass is 16.4. The average Bonchev–Trinajstić information content (AvgIpc) is 3.08. The maximum absolute atomic E-state index is 12.6. The van der Waals surface area contributed by atoms with Gasteiger partial charge in [0.25, 0.3) is 5.91 Å². The molecule has 0 aromatic heterocycles. The lowest BCUT2D eigenvalue weighted by molar-refractivity contribution is 0.0954. The second kappa shape index (κ2) is 7.57. The molecule has 0 atom stereocenters. The van der Waals surface area contributed by atoms with Gasteiger partial charge in [-0.15, -0.1) is 0 Å². The molecule has 0 saturated carbocycles. The second-order valence-corrected chi connectivity index (χ2v) is 5.93. The van der Waals surface area contributed by atoms with E-state index in [0.29, 0.717) is 18.7 Å². The Balaban J connectivity index is 1.85. The molecule has 2 aromatic rings. The quantitative estimate of drug-likeness (QED) is 0.566. The molecule has 0 radical (unpaired) electrons. The predicted octanol–water partition coefficient (Wildman–Crippen LogP) is 2.15. The van der Waals surface area contributed by atoms with E-state index in [0.717, 1.165) is 22.3 Å². The molecule has 0 spiro atoms. The molecular formula is C19H18N4O3. The van der Waals surface area contributed by atoms with Gasteiger partial charge in [0, 0.05) is 18.7 Å². The molecule has 1 aliphatic heterocycles. The molecule has 7 nitrogen and oxygen atoms in total. The van der Waals surface area contributed by atoms with Crippen LogP contribution in [0.3, 0.4) is 0 Å². The van der Waals surface area contributed by atoms with Crippen LogP contribution in [0, 0.1) is 11.5 Å². The number of rotatable bonds is 5. The molecule has 2 aromatic carbocycles. The van der Waals surface area contributed by atoms with Crippen LogP contribution in [0.25, 0.3) is 11.1 Å². The fourth-order valence-corrected chi connectivity index (χ4v) is 3.10. The molecule has 7 heteroatoms. The zero-order valence-electron chi connectivity index (χ0n) is 14.0. The summed E-state index contributed by atoms with van der Waals surface area (Å²) in [5.74, 6) is -0.263. The Morgan fingerprint density at radius 1 is 1.04 bits per heavy atom. The Morgan fingerprint density at radius 3 is 2.54 bits per heavy atom. The van der Waals surface area contributed by atoms with Crippen LogP contribution in [-0.2, 0) is 13.1 Å². The van der Waals surface area contributed by atoms with Gasteiger partial charge in [-0.25, -0.2) is 4.79 Å². The molecule has 0 unspecified atom stereocenters. The number of hydrogen-bond acceptors (Lipinski definition) is 4. The highest BCUT2D eigenvalue weighted by Crippen LogP contribution is 2.34. The average molecular weight is 350 g/mol. The Bertz CT molecular complexity index is 889. The SMILES string of the molecule is N#CN1Cc2cccc(-c3ccccc3C(=O)NCCNC(=O)O)c2C1. The third-order valence-electron chi connectivity index (χ3n) is 4.27. The van der Waals surface area contributed by atoms with E-state index >= 15 is 0 Å². The van der Waals surface area contributed by atoms with Crippen LogP contribution in [0.5, 0.6) is 0 Å². The van der Waals surface area contributed by atoms with Crippen molar-refractivity contribution < 1.29 is 14.7 Å². The number of carbonyl (C=O) groups excluding carboxylic acids is 1. The van der Waals surface area contributed by atoms with Gasteiger partial charge in [-0.1, -0.05) is 36.4 Å². The zero-order chi connectivity index (χ0) is 18.5. The van der Waals surface area contributed by atoms with Gasteiger partial charge in [0.2, 0.25) is 0 Å². The molecule has 0 saturated heterocycles. The van der Waals surface area contributed by atoms with Crippen LogP contribution in [0.15, 0.2) is 42.5 Å². The monoisotopic (exact) mass is 350 g/mol. The summed E-state index contributed by atoms with van der Waals surface area (Å²) in [5, 5.41) is 22.7. The van der Waals surface area contributed by atoms with Gasteiger partial charge in [0.05, 0.1) is 13.1 Å². The third kappa shape index (κ3) is 3.59. The van der Waals surface area contributed by atoms with Crippen molar-refractivity contribution in [2.24, 2.45) is 0 Å². The summed E-state index contributed by atoms with van der Waals surface area (Å²) in [6.07, 6.45) is 1.05. The van der Waals surface area contributed by atoms with Crippen molar-refractivity contribution >= 4 is 12.0 Å². The smallest absolute Gasteiger partial charge is 0.404 e. The minimum atomic E-state index is -1.12. The fraction of sp³-hybridized carbons (Fsp3) is 0.211. The molecule has 0 aliphatic carbocycles. The van der Waals surface area contributed by atoms with Crippen LogP contribution >= 0.6 is 0 Å². The van der Waals surface area contributed by atoms with Gasteiger partial charge in [0.15, 0.2) is 6.19 Å². The van der Waals surface area contributed by atoms with Crippen molar-refractivity contribution in [2.75, 3.05) is 13.1 Å². The molecule has 2 amide bonds. The van der Waals surface area contributed by atoms with Gasteiger partial charge < -0.3 is 20.6 Å². The molecule has 26 heavy (non-hydrogen) atoms. The van der Waals surface area contributed by atoms with E-state index in [1.54, 1.807) is 17.0 Å². The maximum atomic E-state index is 12.6. The van der Waals surface area contributed by atoms with Gasteiger partial charge in [-0.2, -0.15) is 5.26 Å². The number of hydrogen-bond donors (Lipinski definition) is 3. The highest BCUT2D eigenvalue weighted by Gasteiger charge is 2.23. The zero-order valence-corrected chi connectivity index (χ0v) is 14.0. The number of nitrogens with one attached hydrogen (secondary N) is 2. The lowest BCUT2D eigenvalue weighted by Gasteiger charge is -2.13. The Labute approximate surface area is 150 Å². The summed E-state index contributed by atoms with van der Waals surface area (Å²) in [6, 6.07) is 13.2. The molecular weight excluding hydrogens is 332 g/mol. The summed E-state index contributed by atoms with van der Waals surface area (Å²) in [6.45, 7) is 1.45. The van der Waals surface area contributed by atoms with E-state index in [1.165, 1.54) is 0 Å². The first-order valence-corrected chi connectivity index (χ1v) is 8.20. The van der Waals surface area contributed by atoms with E-state index in [1.807, 2.05) is 30.3 Å². The Hall–Kier alpha value is -3.53. The molecule has 0 fully saturated rings. The molecule has 1 heterocycles. The third-order valence-corrected chi connectivity index (χ3v) is 4.27. The number of nitriles is 1. The van der Waals surface area contributed by atoms with E-state index in [2.05, 4.69) is 16.8 Å². The van der Waals surface area contributed by atoms with Crippen LogP contribution in [0.1, 0.15) is 21.5 Å². The predicted molar refractivity (Wildman–Crippen MR) is 95.1 cm³/mol. The topological polar surface area (TPSA) is 105 Å². The minimum absolute atomic E-state index is 0.140. The Kier molecular flexibility index (Phi) is 5.04. The van der Waals surface area contributed by atoms with Gasteiger partial charge in [-0.3, -0.25) is 4.79 Å². The van der Waals surface area contributed by atoms with Crippen molar-refractivity contribution in [1.29, 1.82) is 5.26 Å². The van der Waals surface area contributed by atoms with Gasteiger partial charge >= 0.3 is 6.09 Å². The number of carbonyl (C=O) groups is 2. The second-order valence-electron chi connectivity index (χ2n) is 5.93. The van der Waals surface area contributed by atoms with Gasteiger partial charge in [-0.05, 0) is 28.3 Å². The lowest BCUT2D eigenvalue weighted by Crippen LogP contribution is -2.34. The lowest BCUT2D eigenvalue weighted by atomic mass is 9.93. The van der Waals surface area contributed by atoms with E-state index in [9.17, 15) is 9.59 Å². The summed E-state index contributed by atoms with van der Waals surface area (Å²) < 4.78 is 0. The van der Waals surface area contributed by atoms with Crippen molar-refractivity contribution in [1.82, 2.24) is 15.5 Å². The van der Waals surface area contributed by atoms with Crippen LogP contribution in [0.2, 0.25) is 0 Å². The van der Waals surface area contributed by atoms with Crippen molar-refractivity contribution in [3.05, 3.63) is 59.2 Å².